The van der Waals surface area contributed by atoms with Crippen molar-refractivity contribution < 1.29 is 24.2 Å². The van der Waals surface area contributed by atoms with E-state index in [1.807, 2.05) is 78.9 Å². The van der Waals surface area contributed by atoms with Crippen LogP contribution < -0.4 is 20.7 Å². The Morgan fingerprint density at radius 1 is 0.744 bits per heavy atom. The molecule has 4 N–H and O–H groups in total. The standard InChI is InChI=1S/C35H35N3O5/c39-33(26-8-4-5-9-26)37-30-16-12-27(13-17-30)34(40)38-32(35(41)42)22-24-10-14-28(15-11-24)36-29-18-20-31(21-19-29)43-23-25-6-2-1-3-7-25/h1-3,6-7,10-21,26,32,36H,4-5,8-9,22-23H2,(H,37,39)(H,38,40)(H,41,42). The van der Waals surface area contributed by atoms with Crippen LogP contribution in [0.25, 0.3) is 0 Å². The largest absolute Gasteiger partial charge is 0.489 e. The van der Waals surface area contributed by atoms with Crippen LogP contribution in [0.4, 0.5) is 17.1 Å². The average Bonchev–Trinajstić information content (AvgIpc) is 3.58. The van der Waals surface area contributed by atoms with Gasteiger partial charge in [-0.1, -0.05) is 55.3 Å². The molecule has 0 aromatic heterocycles. The summed E-state index contributed by atoms with van der Waals surface area (Å²) in [6.07, 6.45) is 4.08. The van der Waals surface area contributed by atoms with E-state index in [4.69, 9.17) is 4.74 Å². The summed E-state index contributed by atoms with van der Waals surface area (Å²) in [5.41, 5.74) is 4.54. The number of amides is 2. The van der Waals surface area contributed by atoms with Crippen molar-refractivity contribution in [1.29, 1.82) is 0 Å². The molecule has 220 valence electrons. The van der Waals surface area contributed by atoms with Gasteiger partial charge in [0.05, 0.1) is 0 Å². The lowest BCUT2D eigenvalue weighted by Gasteiger charge is -2.16. The lowest BCUT2D eigenvalue weighted by Crippen LogP contribution is -2.42. The lowest BCUT2D eigenvalue weighted by atomic mass is 10.0. The third-order valence-corrected chi connectivity index (χ3v) is 7.53. The monoisotopic (exact) mass is 577 g/mol. The molecule has 0 radical (unpaired) electrons. The van der Waals surface area contributed by atoms with Crippen LogP contribution in [0.1, 0.15) is 47.2 Å². The van der Waals surface area contributed by atoms with E-state index in [0.717, 1.165) is 53.9 Å². The Balaban J connectivity index is 1.11. The Bertz CT molecular complexity index is 1520. The molecule has 1 aliphatic rings. The molecular formula is C35H35N3O5. The molecule has 8 nitrogen and oxygen atoms in total. The molecule has 4 aromatic carbocycles. The normalized spacial score (nSPS) is 13.6. The van der Waals surface area contributed by atoms with E-state index in [1.54, 1.807) is 24.3 Å². The fourth-order valence-electron chi connectivity index (χ4n) is 5.08. The summed E-state index contributed by atoms with van der Waals surface area (Å²) in [5.74, 6) is -0.792. The summed E-state index contributed by atoms with van der Waals surface area (Å²) in [4.78, 5) is 37.1. The average molecular weight is 578 g/mol. The van der Waals surface area contributed by atoms with Gasteiger partial charge in [0.1, 0.15) is 18.4 Å². The third-order valence-electron chi connectivity index (χ3n) is 7.53. The maximum atomic E-state index is 12.8. The van der Waals surface area contributed by atoms with Crippen molar-refractivity contribution in [2.45, 2.75) is 44.8 Å². The number of rotatable bonds is 12. The first-order chi connectivity index (χ1) is 20.9. The zero-order chi connectivity index (χ0) is 30.0. The van der Waals surface area contributed by atoms with E-state index in [0.29, 0.717) is 17.9 Å². The molecule has 1 saturated carbocycles. The molecule has 4 aromatic rings. The predicted octanol–water partition coefficient (Wildman–Crippen LogP) is 6.56. The van der Waals surface area contributed by atoms with E-state index in [-0.39, 0.29) is 18.2 Å². The van der Waals surface area contributed by atoms with Crippen molar-refractivity contribution in [3.63, 3.8) is 0 Å². The summed E-state index contributed by atoms with van der Waals surface area (Å²) < 4.78 is 5.84. The van der Waals surface area contributed by atoms with Crippen LogP contribution in [0.3, 0.4) is 0 Å². The van der Waals surface area contributed by atoms with Gasteiger partial charge in [0, 0.05) is 35.0 Å². The van der Waals surface area contributed by atoms with Gasteiger partial charge in [-0.15, -0.1) is 0 Å². The van der Waals surface area contributed by atoms with Gasteiger partial charge in [0.2, 0.25) is 5.91 Å². The number of hydrogen-bond donors (Lipinski definition) is 4. The molecule has 0 saturated heterocycles. The Morgan fingerprint density at radius 3 is 1.98 bits per heavy atom. The maximum absolute atomic E-state index is 12.8. The zero-order valence-corrected chi connectivity index (χ0v) is 23.8. The smallest absolute Gasteiger partial charge is 0.326 e. The number of benzene rings is 4. The minimum Gasteiger partial charge on any atom is -0.489 e. The molecule has 1 fully saturated rings. The number of ether oxygens (including phenoxy) is 1. The molecule has 2 amide bonds. The van der Waals surface area contributed by atoms with Crippen LogP contribution >= 0.6 is 0 Å². The van der Waals surface area contributed by atoms with Gasteiger partial charge in [0.25, 0.3) is 5.91 Å². The second kappa shape index (κ2) is 14.2. The number of carbonyl (C=O) groups is 3. The van der Waals surface area contributed by atoms with E-state index >= 15 is 0 Å². The molecule has 5 rings (SSSR count). The number of aliphatic carboxylic acids is 1. The number of carbonyl (C=O) groups excluding carboxylic acids is 2. The summed E-state index contributed by atoms with van der Waals surface area (Å²) >= 11 is 0. The summed E-state index contributed by atoms with van der Waals surface area (Å²) in [6.45, 7) is 0.499. The molecule has 1 unspecified atom stereocenters. The molecule has 43 heavy (non-hydrogen) atoms. The van der Waals surface area contributed by atoms with Gasteiger partial charge < -0.3 is 25.8 Å². The van der Waals surface area contributed by atoms with Crippen LogP contribution in [-0.4, -0.2) is 28.9 Å². The minimum atomic E-state index is -1.12. The van der Waals surface area contributed by atoms with Crippen LogP contribution in [0.2, 0.25) is 0 Å². The van der Waals surface area contributed by atoms with Gasteiger partial charge in [-0.3, -0.25) is 9.59 Å². The van der Waals surface area contributed by atoms with Crippen molar-refractivity contribution in [3.05, 3.63) is 120 Å². The third kappa shape index (κ3) is 8.45. The minimum absolute atomic E-state index is 0.00361. The Kier molecular flexibility index (Phi) is 9.69. The van der Waals surface area contributed by atoms with Crippen LogP contribution in [0, 0.1) is 5.92 Å². The molecule has 8 heteroatoms. The molecule has 0 spiro atoms. The summed E-state index contributed by atoms with van der Waals surface area (Å²) in [7, 11) is 0. The quantitative estimate of drug-likeness (QED) is 0.151. The van der Waals surface area contributed by atoms with E-state index in [2.05, 4.69) is 16.0 Å². The van der Waals surface area contributed by atoms with Crippen molar-refractivity contribution >= 4 is 34.8 Å². The SMILES string of the molecule is O=C(NC(Cc1ccc(Nc2ccc(OCc3ccccc3)cc2)cc1)C(=O)O)c1ccc(NC(=O)C2CCCC2)cc1. The Hall–Kier alpha value is -5.11. The Labute approximate surface area is 251 Å². The van der Waals surface area contributed by atoms with E-state index in [9.17, 15) is 19.5 Å². The summed E-state index contributed by atoms with van der Waals surface area (Å²) in [5, 5.41) is 18.6. The highest BCUT2D eigenvalue weighted by Gasteiger charge is 2.23. The summed E-state index contributed by atoms with van der Waals surface area (Å²) in [6, 6.07) is 30.4. The van der Waals surface area contributed by atoms with Crippen molar-refractivity contribution in [3.8, 4) is 5.75 Å². The first kappa shape index (κ1) is 29.4. The second-order valence-electron chi connectivity index (χ2n) is 10.7. The number of nitrogens with one attached hydrogen (secondary N) is 3. The maximum Gasteiger partial charge on any atom is 0.326 e. The highest BCUT2D eigenvalue weighted by atomic mass is 16.5. The van der Waals surface area contributed by atoms with Crippen LogP contribution in [-0.2, 0) is 22.6 Å². The molecule has 1 atom stereocenters. The number of hydrogen-bond acceptors (Lipinski definition) is 5. The highest BCUT2D eigenvalue weighted by molar-refractivity contribution is 5.98. The lowest BCUT2D eigenvalue weighted by molar-refractivity contribution is -0.139. The molecule has 0 heterocycles. The van der Waals surface area contributed by atoms with Crippen LogP contribution in [0.15, 0.2) is 103 Å². The molecular weight excluding hydrogens is 542 g/mol. The molecule has 0 aliphatic heterocycles. The van der Waals surface area contributed by atoms with Gasteiger partial charge in [0.15, 0.2) is 0 Å². The molecule has 1 aliphatic carbocycles. The topological polar surface area (TPSA) is 117 Å². The number of anilines is 3. The fourth-order valence-corrected chi connectivity index (χ4v) is 5.08. The molecule has 0 bridgehead atoms. The van der Waals surface area contributed by atoms with Crippen molar-refractivity contribution in [2.75, 3.05) is 10.6 Å². The Morgan fingerprint density at radius 2 is 1.35 bits per heavy atom. The predicted molar refractivity (Wildman–Crippen MR) is 167 cm³/mol. The van der Waals surface area contributed by atoms with Crippen molar-refractivity contribution in [1.82, 2.24) is 5.32 Å². The van der Waals surface area contributed by atoms with Gasteiger partial charge >= 0.3 is 5.97 Å². The fraction of sp³-hybridized carbons (Fsp3) is 0.229. The first-order valence-corrected chi connectivity index (χ1v) is 14.5. The van der Waals surface area contributed by atoms with Gasteiger partial charge in [-0.2, -0.15) is 0 Å². The highest BCUT2D eigenvalue weighted by Crippen LogP contribution is 2.26. The van der Waals surface area contributed by atoms with Crippen molar-refractivity contribution in [2.24, 2.45) is 5.92 Å². The van der Waals surface area contributed by atoms with Crippen LogP contribution in [0.5, 0.6) is 5.75 Å². The zero-order valence-electron chi connectivity index (χ0n) is 23.8. The van der Waals surface area contributed by atoms with Gasteiger partial charge in [-0.25, -0.2) is 4.79 Å². The number of carboxylic acids is 1. The first-order valence-electron chi connectivity index (χ1n) is 14.5. The van der Waals surface area contributed by atoms with E-state index in [1.165, 1.54) is 0 Å². The van der Waals surface area contributed by atoms with E-state index < -0.39 is 17.9 Å². The van der Waals surface area contributed by atoms with Gasteiger partial charge in [-0.05, 0) is 84.6 Å². The number of carboxylic acid groups (broad SMARTS) is 1. The second-order valence-corrected chi connectivity index (χ2v) is 10.7.